The highest BCUT2D eigenvalue weighted by Crippen LogP contribution is 2.33. The highest BCUT2D eigenvalue weighted by molar-refractivity contribution is 14.1. The van der Waals surface area contributed by atoms with Crippen LogP contribution in [0, 0.1) is 3.57 Å². The third-order valence-corrected chi connectivity index (χ3v) is 3.63. The summed E-state index contributed by atoms with van der Waals surface area (Å²) in [6, 6.07) is 5.82. The summed E-state index contributed by atoms with van der Waals surface area (Å²) in [5.41, 5.74) is 0.821. The Morgan fingerprint density at radius 2 is 2.20 bits per heavy atom. The van der Waals surface area contributed by atoms with Gasteiger partial charge in [0.1, 0.15) is 5.75 Å². The minimum atomic E-state index is -0.0285. The summed E-state index contributed by atoms with van der Waals surface area (Å²) in [7, 11) is 1.67. The summed E-state index contributed by atoms with van der Waals surface area (Å²) in [5.74, 6) is 0.732. The van der Waals surface area contributed by atoms with Gasteiger partial charge in [0, 0.05) is 30.4 Å². The molecule has 0 fully saturated rings. The van der Waals surface area contributed by atoms with E-state index in [1.54, 1.807) is 12.0 Å². The molecule has 1 aliphatic heterocycles. The average Bonchev–Trinajstić information content (AvgIpc) is 2.44. The molecule has 20 heavy (non-hydrogen) atoms. The molecule has 0 unspecified atom stereocenters. The Labute approximate surface area is 132 Å². The second-order valence-corrected chi connectivity index (χ2v) is 5.65. The van der Waals surface area contributed by atoms with Crippen LogP contribution in [0.25, 0.3) is 0 Å². The van der Waals surface area contributed by atoms with Crippen LogP contribution >= 0.6 is 22.6 Å². The quantitative estimate of drug-likeness (QED) is 0.528. The molecule has 0 N–H and O–H groups in total. The number of anilines is 1. The smallest absolute Gasteiger partial charge is 0.265 e. The van der Waals surface area contributed by atoms with E-state index < -0.39 is 0 Å². The van der Waals surface area contributed by atoms with Crippen molar-refractivity contribution in [3.63, 3.8) is 0 Å². The summed E-state index contributed by atoms with van der Waals surface area (Å²) in [5, 5.41) is 0. The van der Waals surface area contributed by atoms with Crippen LogP contribution in [0.15, 0.2) is 18.2 Å². The molecule has 1 amide bonds. The SMILES string of the molecule is COCCCOCCN1C(=O)COc2cc(I)ccc21. The number of hydrogen-bond acceptors (Lipinski definition) is 4. The molecule has 110 valence electrons. The van der Waals surface area contributed by atoms with Crippen LogP contribution in [0.4, 0.5) is 5.69 Å². The number of amides is 1. The molecule has 0 radical (unpaired) electrons. The van der Waals surface area contributed by atoms with Gasteiger partial charge in [0.05, 0.1) is 12.3 Å². The highest BCUT2D eigenvalue weighted by Gasteiger charge is 2.25. The van der Waals surface area contributed by atoms with Crippen molar-refractivity contribution in [1.82, 2.24) is 0 Å². The Balaban J connectivity index is 1.89. The number of halogens is 1. The van der Waals surface area contributed by atoms with Gasteiger partial charge in [-0.3, -0.25) is 4.79 Å². The first kappa shape index (κ1) is 15.5. The second kappa shape index (κ2) is 7.80. The molecule has 5 nitrogen and oxygen atoms in total. The molecule has 0 aromatic heterocycles. The molecule has 0 atom stereocenters. The number of nitrogens with zero attached hydrogens (tertiary/aromatic N) is 1. The summed E-state index contributed by atoms with van der Waals surface area (Å²) in [6.45, 7) is 2.49. The first-order valence-electron chi connectivity index (χ1n) is 6.52. The Bertz CT molecular complexity index is 466. The first-order valence-corrected chi connectivity index (χ1v) is 7.59. The van der Waals surface area contributed by atoms with Crippen molar-refractivity contribution in [2.24, 2.45) is 0 Å². The largest absolute Gasteiger partial charge is 0.482 e. The van der Waals surface area contributed by atoms with Gasteiger partial charge in [-0.15, -0.1) is 0 Å². The summed E-state index contributed by atoms with van der Waals surface area (Å²) in [4.78, 5) is 13.7. The van der Waals surface area contributed by atoms with Gasteiger partial charge < -0.3 is 19.1 Å². The van der Waals surface area contributed by atoms with Crippen molar-refractivity contribution >= 4 is 34.2 Å². The standard InChI is InChI=1S/C14H18INO4/c1-18-6-2-7-19-8-5-16-12-4-3-11(15)9-13(12)20-10-14(16)17/h3-4,9H,2,5-8,10H2,1H3. The van der Waals surface area contributed by atoms with Gasteiger partial charge in [-0.2, -0.15) is 0 Å². The maximum absolute atomic E-state index is 11.9. The zero-order valence-electron chi connectivity index (χ0n) is 11.4. The van der Waals surface area contributed by atoms with Crippen LogP contribution in [0.3, 0.4) is 0 Å². The number of carbonyl (C=O) groups is 1. The number of carbonyl (C=O) groups excluding carboxylic acids is 1. The van der Waals surface area contributed by atoms with E-state index in [1.165, 1.54) is 0 Å². The zero-order valence-corrected chi connectivity index (χ0v) is 13.6. The Kier molecular flexibility index (Phi) is 6.06. The van der Waals surface area contributed by atoms with Gasteiger partial charge >= 0.3 is 0 Å². The Hall–Kier alpha value is -0.860. The fourth-order valence-corrected chi connectivity index (χ4v) is 2.45. The summed E-state index contributed by atoms with van der Waals surface area (Å²) < 4.78 is 17.0. The van der Waals surface area contributed by atoms with Gasteiger partial charge in [-0.1, -0.05) is 0 Å². The lowest BCUT2D eigenvalue weighted by Gasteiger charge is -2.29. The van der Waals surface area contributed by atoms with E-state index >= 15 is 0 Å². The van der Waals surface area contributed by atoms with Crippen LogP contribution in [0.1, 0.15) is 6.42 Å². The van der Waals surface area contributed by atoms with Crippen LogP contribution in [0.2, 0.25) is 0 Å². The summed E-state index contributed by atoms with van der Waals surface area (Å²) in [6.07, 6.45) is 0.863. The number of ether oxygens (including phenoxy) is 3. The minimum absolute atomic E-state index is 0.0285. The van der Waals surface area contributed by atoms with Crippen LogP contribution in [-0.2, 0) is 14.3 Å². The molecular weight excluding hydrogens is 373 g/mol. The Morgan fingerprint density at radius 3 is 3.00 bits per heavy atom. The molecule has 0 bridgehead atoms. The number of rotatable bonds is 7. The maximum Gasteiger partial charge on any atom is 0.265 e. The van der Waals surface area contributed by atoms with E-state index in [4.69, 9.17) is 14.2 Å². The van der Waals surface area contributed by atoms with E-state index in [9.17, 15) is 4.79 Å². The predicted octanol–water partition coefficient (Wildman–Crippen LogP) is 2.07. The monoisotopic (exact) mass is 391 g/mol. The third kappa shape index (κ3) is 4.07. The van der Waals surface area contributed by atoms with E-state index in [1.807, 2.05) is 18.2 Å². The van der Waals surface area contributed by atoms with E-state index in [-0.39, 0.29) is 12.5 Å². The van der Waals surface area contributed by atoms with E-state index in [0.29, 0.717) is 26.4 Å². The van der Waals surface area contributed by atoms with Crippen molar-refractivity contribution in [3.05, 3.63) is 21.8 Å². The number of hydrogen-bond donors (Lipinski definition) is 0. The highest BCUT2D eigenvalue weighted by atomic mass is 127. The lowest BCUT2D eigenvalue weighted by atomic mass is 10.2. The van der Waals surface area contributed by atoms with Gasteiger partial charge in [0.15, 0.2) is 6.61 Å². The van der Waals surface area contributed by atoms with Crippen LogP contribution in [0.5, 0.6) is 5.75 Å². The van der Waals surface area contributed by atoms with Crippen molar-refractivity contribution in [2.45, 2.75) is 6.42 Å². The molecule has 1 aromatic rings. The topological polar surface area (TPSA) is 48.0 Å². The second-order valence-electron chi connectivity index (χ2n) is 4.40. The average molecular weight is 391 g/mol. The van der Waals surface area contributed by atoms with Crippen molar-refractivity contribution in [1.29, 1.82) is 0 Å². The van der Waals surface area contributed by atoms with Crippen LogP contribution < -0.4 is 9.64 Å². The number of benzene rings is 1. The summed E-state index contributed by atoms with van der Waals surface area (Å²) >= 11 is 2.23. The lowest BCUT2D eigenvalue weighted by molar-refractivity contribution is -0.121. The van der Waals surface area contributed by atoms with Crippen molar-refractivity contribution in [3.8, 4) is 5.75 Å². The molecule has 1 aromatic carbocycles. The first-order chi connectivity index (χ1) is 9.72. The number of methoxy groups -OCH3 is 1. The molecule has 1 aliphatic rings. The molecule has 0 saturated carbocycles. The normalized spacial score (nSPS) is 14.1. The lowest BCUT2D eigenvalue weighted by Crippen LogP contribution is -2.40. The molecule has 1 heterocycles. The van der Waals surface area contributed by atoms with E-state index in [0.717, 1.165) is 21.4 Å². The van der Waals surface area contributed by atoms with Crippen molar-refractivity contribution in [2.75, 3.05) is 45.0 Å². The molecule has 0 aliphatic carbocycles. The third-order valence-electron chi connectivity index (χ3n) is 2.96. The maximum atomic E-state index is 11.9. The Morgan fingerprint density at radius 1 is 1.35 bits per heavy atom. The molecule has 2 rings (SSSR count). The number of fused-ring (bicyclic) bond motifs is 1. The minimum Gasteiger partial charge on any atom is -0.482 e. The van der Waals surface area contributed by atoms with Gasteiger partial charge in [-0.25, -0.2) is 0 Å². The fraction of sp³-hybridized carbons (Fsp3) is 0.500. The molecule has 0 saturated heterocycles. The molecule has 0 spiro atoms. The van der Waals surface area contributed by atoms with Crippen LogP contribution in [-0.4, -0.2) is 46.0 Å². The molecular formula is C14H18INO4. The van der Waals surface area contributed by atoms with Gasteiger partial charge in [-0.05, 0) is 47.2 Å². The zero-order chi connectivity index (χ0) is 14.4. The fourth-order valence-electron chi connectivity index (χ4n) is 1.99. The van der Waals surface area contributed by atoms with Crippen molar-refractivity contribution < 1.29 is 19.0 Å². The van der Waals surface area contributed by atoms with E-state index in [2.05, 4.69) is 22.6 Å². The molecule has 6 heteroatoms. The predicted molar refractivity (Wildman–Crippen MR) is 84.3 cm³/mol. The van der Waals surface area contributed by atoms with Gasteiger partial charge in [0.25, 0.3) is 5.91 Å². The van der Waals surface area contributed by atoms with Gasteiger partial charge in [0.2, 0.25) is 0 Å².